The molecule has 0 radical (unpaired) electrons. The minimum absolute atomic E-state index is 0.0381. The summed E-state index contributed by atoms with van der Waals surface area (Å²) in [4.78, 5) is 11.2. The van der Waals surface area contributed by atoms with Gasteiger partial charge in [-0.15, -0.1) is 0 Å². The number of hydrogen-bond donors (Lipinski definition) is 1. The van der Waals surface area contributed by atoms with Crippen LogP contribution in [0.5, 0.6) is 0 Å². The number of ether oxygens (including phenoxy) is 1. The first-order valence-corrected chi connectivity index (χ1v) is 5.06. The molecule has 0 aliphatic heterocycles. The molecule has 0 saturated heterocycles. The van der Waals surface area contributed by atoms with Crippen LogP contribution in [0.15, 0.2) is 12.3 Å². The topological polar surface area (TPSA) is 55.1 Å². The Hall–Kier alpha value is -1.00. The van der Waals surface area contributed by atoms with Gasteiger partial charge in [0.25, 0.3) is 0 Å². The van der Waals surface area contributed by atoms with Crippen molar-refractivity contribution in [1.29, 1.82) is 5.41 Å². The van der Waals surface area contributed by atoms with Crippen LogP contribution in [0.3, 0.4) is 0 Å². The van der Waals surface area contributed by atoms with Crippen molar-refractivity contribution in [2.24, 2.45) is 0 Å². The lowest BCUT2D eigenvalue weighted by molar-refractivity contribution is -0.143. The van der Waals surface area contributed by atoms with Gasteiger partial charge in [-0.3, -0.25) is 10.2 Å². The van der Waals surface area contributed by atoms with Crippen LogP contribution in [0, 0.1) is 5.41 Å². The summed E-state index contributed by atoms with van der Waals surface area (Å²) in [5.41, 5.74) is 0.109. The molecule has 0 aromatic carbocycles. The summed E-state index contributed by atoms with van der Waals surface area (Å²) in [6.07, 6.45) is 1.43. The van der Waals surface area contributed by atoms with Crippen molar-refractivity contribution in [2.45, 2.75) is 13.5 Å². The van der Waals surface area contributed by atoms with Crippen molar-refractivity contribution in [3.8, 4) is 0 Å². The highest BCUT2D eigenvalue weighted by Crippen LogP contribution is 2.17. The lowest BCUT2D eigenvalue weighted by atomic mass is 10.4. The van der Waals surface area contributed by atoms with E-state index in [0.29, 0.717) is 16.7 Å². The molecular formula is C9H10Cl2N2O2. The highest BCUT2D eigenvalue weighted by atomic mass is 35.5. The summed E-state index contributed by atoms with van der Waals surface area (Å²) >= 11 is 11.5. The summed E-state index contributed by atoms with van der Waals surface area (Å²) in [6, 6.07) is 1.38. The Morgan fingerprint density at radius 1 is 1.53 bits per heavy atom. The molecule has 82 valence electrons. The monoisotopic (exact) mass is 248 g/mol. The SMILES string of the molecule is CCOC(=O)Cn1cc(Cl)c(Cl)cc1=N. The molecule has 4 nitrogen and oxygen atoms in total. The highest BCUT2D eigenvalue weighted by Gasteiger charge is 2.06. The lowest BCUT2D eigenvalue weighted by Crippen LogP contribution is -2.24. The Morgan fingerprint density at radius 2 is 2.20 bits per heavy atom. The first-order chi connectivity index (χ1) is 7.04. The molecule has 1 aromatic heterocycles. The Labute approximate surface area is 96.9 Å². The standard InChI is InChI=1S/C9H10Cl2N2O2/c1-2-15-9(14)5-13-4-7(11)6(10)3-8(13)12/h3-4,12H,2,5H2,1H3. The van der Waals surface area contributed by atoms with Gasteiger partial charge in [0.1, 0.15) is 12.0 Å². The third-order valence-corrected chi connectivity index (χ3v) is 2.39. The van der Waals surface area contributed by atoms with Gasteiger partial charge in [-0.25, -0.2) is 0 Å². The Bertz CT molecular complexity index is 429. The number of esters is 1. The molecule has 6 heteroatoms. The van der Waals surface area contributed by atoms with Crippen molar-refractivity contribution in [3.63, 3.8) is 0 Å². The van der Waals surface area contributed by atoms with Gasteiger partial charge in [-0.1, -0.05) is 23.2 Å². The maximum absolute atomic E-state index is 11.2. The predicted octanol–water partition coefficient (Wildman–Crippen LogP) is 1.84. The summed E-state index contributed by atoms with van der Waals surface area (Å²) in [5, 5.41) is 8.14. The molecule has 1 aromatic rings. The largest absolute Gasteiger partial charge is 0.465 e. The number of pyridine rings is 1. The molecule has 0 saturated carbocycles. The molecule has 1 heterocycles. The Kier molecular flexibility index (Phi) is 4.17. The molecule has 0 amide bonds. The molecule has 15 heavy (non-hydrogen) atoms. The third-order valence-electron chi connectivity index (χ3n) is 1.67. The second-order valence-corrected chi connectivity index (χ2v) is 3.60. The normalized spacial score (nSPS) is 10.1. The third kappa shape index (κ3) is 3.25. The number of rotatable bonds is 3. The van der Waals surface area contributed by atoms with Crippen LogP contribution in [0.2, 0.25) is 10.0 Å². The van der Waals surface area contributed by atoms with Gasteiger partial charge >= 0.3 is 5.97 Å². The fraction of sp³-hybridized carbons (Fsp3) is 0.333. The minimum atomic E-state index is -0.408. The van der Waals surface area contributed by atoms with Crippen molar-refractivity contribution in [3.05, 3.63) is 27.8 Å². The average Bonchev–Trinajstić information content (AvgIpc) is 2.14. The maximum Gasteiger partial charge on any atom is 0.325 e. The number of carbonyl (C=O) groups excluding carboxylic acids is 1. The summed E-state index contributed by atoms with van der Waals surface area (Å²) in [6.45, 7) is 2.00. The molecule has 0 bridgehead atoms. The fourth-order valence-electron chi connectivity index (χ4n) is 1.02. The van der Waals surface area contributed by atoms with Crippen molar-refractivity contribution in [1.82, 2.24) is 4.57 Å². The summed E-state index contributed by atoms with van der Waals surface area (Å²) < 4.78 is 6.12. The van der Waals surface area contributed by atoms with Gasteiger partial charge in [0, 0.05) is 12.3 Å². The zero-order chi connectivity index (χ0) is 11.4. The summed E-state index contributed by atoms with van der Waals surface area (Å²) in [5.74, 6) is -0.408. The van der Waals surface area contributed by atoms with E-state index >= 15 is 0 Å². The van der Waals surface area contributed by atoms with Gasteiger partial charge in [-0.05, 0) is 6.92 Å². The summed E-state index contributed by atoms with van der Waals surface area (Å²) in [7, 11) is 0. The molecule has 0 aliphatic carbocycles. The minimum Gasteiger partial charge on any atom is -0.465 e. The highest BCUT2D eigenvalue weighted by molar-refractivity contribution is 6.41. The van der Waals surface area contributed by atoms with Crippen molar-refractivity contribution < 1.29 is 9.53 Å². The van der Waals surface area contributed by atoms with Crippen LogP contribution >= 0.6 is 23.2 Å². The molecule has 0 aliphatic rings. The maximum atomic E-state index is 11.2. The molecule has 1 rings (SSSR count). The van der Waals surface area contributed by atoms with Gasteiger partial charge < -0.3 is 9.30 Å². The number of halogens is 2. The van der Waals surface area contributed by atoms with E-state index in [1.54, 1.807) is 6.92 Å². The van der Waals surface area contributed by atoms with E-state index in [1.165, 1.54) is 16.8 Å². The lowest BCUT2D eigenvalue weighted by Gasteiger charge is -2.07. The number of nitrogens with one attached hydrogen (secondary N) is 1. The van der Waals surface area contributed by atoms with Gasteiger partial charge in [-0.2, -0.15) is 0 Å². The first kappa shape index (κ1) is 12.1. The van der Waals surface area contributed by atoms with Crippen molar-refractivity contribution >= 4 is 29.2 Å². The van der Waals surface area contributed by atoms with Crippen molar-refractivity contribution in [2.75, 3.05) is 6.61 Å². The van der Waals surface area contributed by atoms with Gasteiger partial charge in [0.15, 0.2) is 0 Å². The molecule has 1 N–H and O–H groups in total. The van der Waals surface area contributed by atoms with Crippen LogP contribution < -0.4 is 5.49 Å². The fourth-order valence-corrected chi connectivity index (χ4v) is 1.34. The van der Waals surface area contributed by atoms with Crippen LogP contribution in [0.1, 0.15) is 6.92 Å². The number of nitrogens with zero attached hydrogens (tertiary/aromatic N) is 1. The van der Waals surface area contributed by atoms with Gasteiger partial charge in [0.2, 0.25) is 0 Å². The predicted molar refractivity (Wildman–Crippen MR) is 56.9 cm³/mol. The van der Waals surface area contributed by atoms with Crippen LogP contribution in [-0.4, -0.2) is 17.1 Å². The first-order valence-electron chi connectivity index (χ1n) is 4.30. The molecule has 0 atom stereocenters. The molecule has 0 unspecified atom stereocenters. The van der Waals surface area contributed by atoms with Gasteiger partial charge in [0.05, 0.1) is 16.7 Å². The van der Waals surface area contributed by atoms with E-state index in [2.05, 4.69) is 0 Å². The van der Waals surface area contributed by atoms with Crippen LogP contribution in [-0.2, 0) is 16.1 Å². The van der Waals surface area contributed by atoms with Crippen LogP contribution in [0.25, 0.3) is 0 Å². The van der Waals surface area contributed by atoms with E-state index in [0.717, 1.165) is 0 Å². The number of carbonyl (C=O) groups is 1. The second kappa shape index (κ2) is 5.19. The Balaban J connectivity index is 2.91. The molecule has 0 fully saturated rings. The second-order valence-electron chi connectivity index (χ2n) is 2.79. The average molecular weight is 249 g/mol. The smallest absolute Gasteiger partial charge is 0.325 e. The zero-order valence-electron chi connectivity index (χ0n) is 8.09. The number of aromatic nitrogens is 1. The Morgan fingerprint density at radius 3 is 2.80 bits per heavy atom. The van der Waals surface area contributed by atoms with E-state index < -0.39 is 5.97 Å². The quantitative estimate of drug-likeness (QED) is 0.831. The molecule has 0 spiro atoms. The number of hydrogen-bond acceptors (Lipinski definition) is 3. The molecular weight excluding hydrogens is 239 g/mol. The van der Waals surface area contributed by atoms with Crippen LogP contribution in [0.4, 0.5) is 0 Å². The van der Waals surface area contributed by atoms with E-state index in [1.807, 2.05) is 0 Å². The van der Waals surface area contributed by atoms with E-state index in [4.69, 9.17) is 33.3 Å². The van der Waals surface area contributed by atoms with E-state index in [-0.39, 0.29) is 12.0 Å². The van der Waals surface area contributed by atoms with E-state index in [9.17, 15) is 4.79 Å². The zero-order valence-corrected chi connectivity index (χ0v) is 9.60.